The first-order valence-electron chi connectivity index (χ1n) is 7.90. The van der Waals surface area contributed by atoms with Gasteiger partial charge in [-0.1, -0.05) is 0 Å². The fraction of sp³-hybridized carbons (Fsp3) is 0.800. The fourth-order valence-electron chi connectivity index (χ4n) is 3.26. The molecule has 1 N–H and O–H groups in total. The highest BCUT2D eigenvalue weighted by atomic mass is 16.2. The number of amides is 3. The number of nitrogens with one attached hydrogen (secondary N) is 1. The molecule has 3 amide bonds. The van der Waals surface area contributed by atoms with Gasteiger partial charge < -0.3 is 15.1 Å². The average Bonchev–Trinajstić information content (AvgIpc) is 3.35. The lowest BCUT2D eigenvalue weighted by Crippen LogP contribution is -2.56. The van der Waals surface area contributed by atoms with Crippen molar-refractivity contribution in [2.45, 2.75) is 32.6 Å². The van der Waals surface area contributed by atoms with Crippen LogP contribution < -0.4 is 5.32 Å². The molecule has 0 spiro atoms. The van der Waals surface area contributed by atoms with Crippen molar-refractivity contribution in [1.82, 2.24) is 15.1 Å². The second kappa shape index (κ2) is 5.31. The van der Waals surface area contributed by atoms with Crippen molar-refractivity contribution in [3.63, 3.8) is 0 Å². The normalized spacial score (nSPS) is 24.2. The molecule has 0 bridgehead atoms. The van der Waals surface area contributed by atoms with E-state index in [4.69, 9.17) is 0 Å². The van der Waals surface area contributed by atoms with Gasteiger partial charge in [0, 0.05) is 26.2 Å². The van der Waals surface area contributed by atoms with Crippen molar-refractivity contribution in [3.05, 3.63) is 0 Å². The van der Waals surface area contributed by atoms with Crippen LogP contribution in [0.25, 0.3) is 0 Å². The molecular weight excluding hydrogens is 270 g/mol. The largest absolute Gasteiger partial charge is 0.354 e. The van der Waals surface area contributed by atoms with Crippen LogP contribution in [0.3, 0.4) is 0 Å². The SMILES string of the molecule is CCN1CCN(CC(=O)NCC2(C3CC3)CC2)C(=O)C1=O. The molecule has 1 saturated heterocycles. The molecule has 0 unspecified atom stereocenters. The Hall–Kier alpha value is -1.59. The fourth-order valence-corrected chi connectivity index (χ4v) is 3.26. The predicted molar refractivity (Wildman–Crippen MR) is 76.2 cm³/mol. The zero-order valence-electron chi connectivity index (χ0n) is 12.6. The molecule has 0 aromatic heterocycles. The Balaban J connectivity index is 1.46. The zero-order chi connectivity index (χ0) is 15.0. The van der Waals surface area contributed by atoms with Crippen molar-refractivity contribution in [2.24, 2.45) is 11.3 Å². The second-order valence-corrected chi connectivity index (χ2v) is 6.52. The number of piperazine rings is 1. The lowest BCUT2D eigenvalue weighted by atomic mass is 10.0. The van der Waals surface area contributed by atoms with Gasteiger partial charge in [0.15, 0.2) is 0 Å². The van der Waals surface area contributed by atoms with Gasteiger partial charge in [0.1, 0.15) is 6.54 Å². The van der Waals surface area contributed by atoms with Gasteiger partial charge in [0.2, 0.25) is 5.91 Å². The predicted octanol–water partition coefficient (Wildman–Crippen LogP) is -0.0165. The van der Waals surface area contributed by atoms with Crippen molar-refractivity contribution in [3.8, 4) is 0 Å². The molecule has 1 heterocycles. The number of carbonyl (C=O) groups is 3. The standard InChI is InChI=1S/C15H23N3O3/c1-2-17-7-8-18(14(21)13(17)20)9-12(19)16-10-15(5-6-15)11-3-4-11/h11H,2-10H2,1H3,(H,16,19). The Labute approximate surface area is 124 Å². The van der Waals surface area contributed by atoms with E-state index in [1.807, 2.05) is 6.92 Å². The molecule has 2 aliphatic carbocycles. The first kappa shape index (κ1) is 14.4. The molecular formula is C15H23N3O3. The number of carbonyl (C=O) groups excluding carboxylic acids is 3. The minimum atomic E-state index is -0.554. The second-order valence-electron chi connectivity index (χ2n) is 6.52. The Morgan fingerprint density at radius 3 is 2.38 bits per heavy atom. The van der Waals surface area contributed by atoms with E-state index in [2.05, 4.69) is 5.32 Å². The topological polar surface area (TPSA) is 69.7 Å². The average molecular weight is 293 g/mol. The van der Waals surface area contributed by atoms with Crippen LogP contribution in [-0.4, -0.2) is 60.2 Å². The monoisotopic (exact) mass is 293 g/mol. The van der Waals surface area contributed by atoms with E-state index in [-0.39, 0.29) is 12.5 Å². The van der Waals surface area contributed by atoms with Crippen LogP contribution in [0.2, 0.25) is 0 Å². The molecule has 1 aliphatic heterocycles. The first-order chi connectivity index (χ1) is 10.1. The molecule has 2 saturated carbocycles. The van der Waals surface area contributed by atoms with Crippen molar-refractivity contribution >= 4 is 17.7 Å². The highest BCUT2D eigenvalue weighted by Crippen LogP contribution is 2.60. The molecule has 3 fully saturated rings. The lowest BCUT2D eigenvalue weighted by molar-refractivity contribution is -0.156. The third-order valence-electron chi connectivity index (χ3n) is 5.09. The number of likely N-dealkylation sites (N-methyl/N-ethyl adjacent to an activating group) is 1. The molecule has 3 rings (SSSR count). The maximum atomic E-state index is 12.0. The minimum Gasteiger partial charge on any atom is -0.354 e. The molecule has 0 aromatic rings. The third kappa shape index (κ3) is 2.89. The summed E-state index contributed by atoms with van der Waals surface area (Å²) in [7, 11) is 0. The summed E-state index contributed by atoms with van der Waals surface area (Å²) >= 11 is 0. The van der Waals surface area contributed by atoms with Gasteiger partial charge in [-0.2, -0.15) is 0 Å². The Morgan fingerprint density at radius 1 is 1.19 bits per heavy atom. The number of hydrogen-bond donors (Lipinski definition) is 1. The maximum absolute atomic E-state index is 12.0. The smallest absolute Gasteiger partial charge is 0.312 e. The quantitative estimate of drug-likeness (QED) is 0.700. The first-order valence-corrected chi connectivity index (χ1v) is 7.90. The van der Waals surface area contributed by atoms with Crippen LogP contribution in [0.4, 0.5) is 0 Å². The van der Waals surface area contributed by atoms with Crippen LogP contribution in [0.5, 0.6) is 0 Å². The molecule has 3 aliphatic rings. The molecule has 6 heteroatoms. The summed E-state index contributed by atoms with van der Waals surface area (Å²) in [5, 5.41) is 2.96. The zero-order valence-corrected chi connectivity index (χ0v) is 12.6. The summed E-state index contributed by atoms with van der Waals surface area (Å²) in [6, 6.07) is 0. The number of nitrogens with zero attached hydrogens (tertiary/aromatic N) is 2. The van der Waals surface area contributed by atoms with Crippen LogP contribution in [0, 0.1) is 11.3 Å². The summed E-state index contributed by atoms with van der Waals surface area (Å²) in [4.78, 5) is 38.6. The summed E-state index contributed by atoms with van der Waals surface area (Å²) in [6.07, 6.45) is 5.01. The number of hydrogen-bond acceptors (Lipinski definition) is 3. The van der Waals surface area contributed by atoms with E-state index >= 15 is 0 Å². The molecule has 6 nitrogen and oxygen atoms in total. The maximum Gasteiger partial charge on any atom is 0.312 e. The van der Waals surface area contributed by atoms with Crippen molar-refractivity contribution in [1.29, 1.82) is 0 Å². The van der Waals surface area contributed by atoms with Crippen LogP contribution in [-0.2, 0) is 14.4 Å². The van der Waals surface area contributed by atoms with Gasteiger partial charge in [0.05, 0.1) is 0 Å². The van der Waals surface area contributed by atoms with Gasteiger partial charge in [-0.05, 0) is 43.9 Å². The van der Waals surface area contributed by atoms with Gasteiger partial charge >= 0.3 is 11.8 Å². The van der Waals surface area contributed by atoms with Crippen LogP contribution in [0.15, 0.2) is 0 Å². The van der Waals surface area contributed by atoms with Gasteiger partial charge in [-0.3, -0.25) is 14.4 Å². The summed E-state index contributed by atoms with van der Waals surface area (Å²) in [5.74, 6) is -0.392. The van der Waals surface area contributed by atoms with Crippen molar-refractivity contribution < 1.29 is 14.4 Å². The molecule has 21 heavy (non-hydrogen) atoms. The van der Waals surface area contributed by atoms with Crippen LogP contribution >= 0.6 is 0 Å². The van der Waals surface area contributed by atoms with E-state index in [1.165, 1.54) is 35.5 Å². The Kier molecular flexibility index (Phi) is 3.63. The van der Waals surface area contributed by atoms with Crippen LogP contribution in [0.1, 0.15) is 32.6 Å². The van der Waals surface area contributed by atoms with Gasteiger partial charge in [-0.25, -0.2) is 0 Å². The van der Waals surface area contributed by atoms with E-state index in [9.17, 15) is 14.4 Å². The third-order valence-corrected chi connectivity index (χ3v) is 5.09. The van der Waals surface area contributed by atoms with Gasteiger partial charge in [-0.15, -0.1) is 0 Å². The van der Waals surface area contributed by atoms with E-state index in [0.717, 1.165) is 12.5 Å². The van der Waals surface area contributed by atoms with E-state index in [0.29, 0.717) is 25.0 Å². The molecule has 116 valence electrons. The molecule has 0 aromatic carbocycles. The number of rotatable bonds is 6. The highest BCUT2D eigenvalue weighted by molar-refractivity contribution is 6.35. The van der Waals surface area contributed by atoms with Crippen molar-refractivity contribution in [2.75, 3.05) is 32.7 Å². The Bertz CT molecular complexity index is 469. The minimum absolute atomic E-state index is 0.00285. The van der Waals surface area contributed by atoms with E-state index in [1.54, 1.807) is 0 Å². The highest BCUT2D eigenvalue weighted by Gasteiger charge is 2.53. The summed E-state index contributed by atoms with van der Waals surface area (Å²) in [6.45, 7) is 4.07. The molecule has 0 atom stereocenters. The van der Waals surface area contributed by atoms with Gasteiger partial charge in [0.25, 0.3) is 0 Å². The molecule has 0 radical (unpaired) electrons. The lowest BCUT2D eigenvalue weighted by Gasteiger charge is -2.32. The Morgan fingerprint density at radius 2 is 1.81 bits per heavy atom. The summed E-state index contributed by atoms with van der Waals surface area (Å²) < 4.78 is 0. The van der Waals surface area contributed by atoms with E-state index < -0.39 is 11.8 Å². The summed E-state index contributed by atoms with van der Waals surface area (Å²) in [5.41, 5.74) is 0.358.